The quantitative estimate of drug-likeness (QED) is 0.519. The molecule has 3 heterocycles. The summed E-state index contributed by atoms with van der Waals surface area (Å²) in [7, 11) is 0. The van der Waals surface area contributed by atoms with Crippen LogP contribution in [0.2, 0.25) is 0 Å². The van der Waals surface area contributed by atoms with E-state index in [1.807, 2.05) is 27.7 Å². The number of aliphatic hydroxyl groups is 1. The van der Waals surface area contributed by atoms with Gasteiger partial charge in [-0.15, -0.1) is 0 Å². The van der Waals surface area contributed by atoms with Gasteiger partial charge in [0.05, 0.1) is 30.8 Å². The standard InChI is InChI=1S/C26H42N2O6/c1-6-33-24(32)20-19-23(31)28(18(14-29)12-15(2)3)21(22(30)27-17-10-8-7-9-11-17)26(19)13-16(4)25(20,5)34-26/h15-21,29H,6-14H2,1-5H3,(H,27,30)/t16?,18-,19+,20-,21?,25+,26?/m1/s1. The number of hydrogen-bond donors (Lipinski definition) is 2. The zero-order valence-electron chi connectivity index (χ0n) is 21.3. The molecule has 1 aliphatic carbocycles. The van der Waals surface area contributed by atoms with Gasteiger partial charge in [0.1, 0.15) is 17.6 Å². The van der Waals surface area contributed by atoms with E-state index < -0.39 is 41.1 Å². The van der Waals surface area contributed by atoms with Crippen molar-refractivity contribution in [1.82, 2.24) is 10.2 Å². The first-order valence-electron chi connectivity index (χ1n) is 13.2. The topological polar surface area (TPSA) is 105 Å². The van der Waals surface area contributed by atoms with E-state index >= 15 is 0 Å². The Morgan fingerprint density at radius 1 is 1.26 bits per heavy atom. The maximum absolute atomic E-state index is 14.1. The minimum atomic E-state index is -1.09. The zero-order chi connectivity index (χ0) is 24.8. The summed E-state index contributed by atoms with van der Waals surface area (Å²) in [6, 6.07) is -1.30. The minimum absolute atomic E-state index is 0.0199. The first kappa shape index (κ1) is 25.4. The van der Waals surface area contributed by atoms with Gasteiger partial charge in [-0.2, -0.15) is 0 Å². The Kier molecular flexibility index (Phi) is 7.04. The van der Waals surface area contributed by atoms with Gasteiger partial charge in [0.2, 0.25) is 11.8 Å². The molecule has 192 valence electrons. The number of ether oxygens (including phenoxy) is 2. The van der Waals surface area contributed by atoms with Crippen molar-refractivity contribution < 1.29 is 29.0 Å². The Balaban J connectivity index is 1.76. The van der Waals surface area contributed by atoms with Crippen molar-refractivity contribution in [2.75, 3.05) is 13.2 Å². The number of rotatable bonds is 8. The summed E-state index contributed by atoms with van der Waals surface area (Å²) in [4.78, 5) is 42.7. The fourth-order valence-electron chi connectivity index (χ4n) is 7.31. The summed E-state index contributed by atoms with van der Waals surface area (Å²) < 4.78 is 12.1. The summed E-state index contributed by atoms with van der Waals surface area (Å²) >= 11 is 0. The summed E-state index contributed by atoms with van der Waals surface area (Å²) in [5.74, 6) is -2.27. The average Bonchev–Trinajstić information content (AvgIpc) is 3.29. The second-order valence-corrected chi connectivity index (χ2v) is 11.5. The second-order valence-electron chi connectivity index (χ2n) is 11.5. The molecule has 8 heteroatoms. The fraction of sp³-hybridized carbons (Fsp3) is 0.885. The Labute approximate surface area is 203 Å². The van der Waals surface area contributed by atoms with Crippen LogP contribution in [0.1, 0.15) is 79.6 Å². The molecule has 4 rings (SSSR count). The smallest absolute Gasteiger partial charge is 0.312 e. The molecular formula is C26H42N2O6. The van der Waals surface area contributed by atoms with Gasteiger partial charge in [0.25, 0.3) is 0 Å². The average molecular weight is 479 g/mol. The highest BCUT2D eigenvalue weighted by atomic mass is 16.6. The predicted molar refractivity (Wildman–Crippen MR) is 126 cm³/mol. The Bertz CT molecular complexity index is 811. The molecule has 4 fully saturated rings. The van der Waals surface area contributed by atoms with Crippen molar-refractivity contribution in [2.24, 2.45) is 23.7 Å². The van der Waals surface area contributed by atoms with Gasteiger partial charge in [-0.3, -0.25) is 14.4 Å². The van der Waals surface area contributed by atoms with Crippen LogP contribution in [0.3, 0.4) is 0 Å². The van der Waals surface area contributed by atoms with Gasteiger partial charge in [-0.25, -0.2) is 0 Å². The first-order chi connectivity index (χ1) is 16.1. The van der Waals surface area contributed by atoms with E-state index in [4.69, 9.17) is 9.47 Å². The van der Waals surface area contributed by atoms with Crippen LogP contribution in [0.4, 0.5) is 0 Å². The van der Waals surface area contributed by atoms with Gasteiger partial charge in [0.15, 0.2) is 0 Å². The molecule has 2 bridgehead atoms. The molecule has 3 aliphatic heterocycles. The maximum atomic E-state index is 14.1. The van der Waals surface area contributed by atoms with Gasteiger partial charge < -0.3 is 24.8 Å². The molecule has 3 saturated heterocycles. The minimum Gasteiger partial charge on any atom is -0.466 e. The molecule has 34 heavy (non-hydrogen) atoms. The maximum Gasteiger partial charge on any atom is 0.312 e. The lowest BCUT2D eigenvalue weighted by molar-refractivity contribution is -0.162. The lowest BCUT2D eigenvalue weighted by Crippen LogP contribution is -2.59. The van der Waals surface area contributed by atoms with E-state index in [1.165, 1.54) is 6.42 Å². The van der Waals surface area contributed by atoms with Gasteiger partial charge in [0, 0.05) is 6.04 Å². The Morgan fingerprint density at radius 3 is 2.53 bits per heavy atom. The van der Waals surface area contributed by atoms with E-state index in [-0.39, 0.29) is 42.9 Å². The van der Waals surface area contributed by atoms with Gasteiger partial charge in [-0.1, -0.05) is 40.0 Å². The third kappa shape index (κ3) is 3.85. The van der Waals surface area contributed by atoms with E-state index in [9.17, 15) is 19.5 Å². The highest BCUT2D eigenvalue weighted by molar-refractivity contribution is 5.98. The Hall–Kier alpha value is -1.67. The molecule has 8 nitrogen and oxygen atoms in total. The van der Waals surface area contributed by atoms with Crippen LogP contribution in [0.15, 0.2) is 0 Å². The first-order valence-corrected chi connectivity index (χ1v) is 13.2. The molecule has 7 atom stereocenters. The lowest BCUT2D eigenvalue weighted by atomic mass is 9.62. The number of carbonyl (C=O) groups is 3. The molecule has 2 N–H and O–H groups in total. The highest BCUT2D eigenvalue weighted by Gasteiger charge is 2.80. The molecule has 4 aliphatic rings. The van der Waals surface area contributed by atoms with Gasteiger partial charge in [-0.05, 0) is 51.4 Å². The Morgan fingerprint density at radius 2 is 1.94 bits per heavy atom. The van der Waals surface area contributed by atoms with E-state index in [1.54, 1.807) is 11.8 Å². The predicted octanol–water partition coefficient (Wildman–Crippen LogP) is 2.42. The number of amides is 2. The van der Waals surface area contributed by atoms with E-state index in [0.717, 1.165) is 25.7 Å². The van der Waals surface area contributed by atoms with Crippen molar-refractivity contribution >= 4 is 17.8 Å². The number of nitrogens with one attached hydrogen (secondary N) is 1. The third-order valence-electron chi connectivity index (χ3n) is 8.84. The van der Waals surface area contributed by atoms with Crippen LogP contribution in [-0.2, 0) is 23.9 Å². The summed E-state index contributed by atoms with van der Waals surface area (Å²) in [6.07, 6.45) is 6.28. The van der Waals surface area contributed by atoms with Crippen molar-refractivity contribution in [3.8, 4) is 0 Å². The van der Waals surface area contributed by atoms with Crippen LogP contribution in [-0.4, -0.2) is 70.3 Å². The fourth-order valence-corrected chi connectivity index (χ4v) is 7.31. The number of fused-ring (bicyclic) bond motifs is 1. The van der Waals surface area contributed by atoms with Crippen LogP contribution in [0, 0.1) is 23.7 Å². The molecule has 1 saturated carbocycles. The van der Waals surface area contributed by atoms with Crippen LogP contribution < -0.4 is 5.32 Å². The monoisotopic (exact) mass is 478 g/mol. The van der Waals surface area contributed by atoms with Crippen LogP contribution in [0.25, 0.3) is 0 Å². The highest BCUT2D eigenvalue weighted by Crippen LogP contribution is 2.65. The number of nitrogens with zero attached hydrogens (tertiary/aromatic N) is 1. The normalized spacial score (nSPS) is 38.3. The lowest BCUT2D eigenvalue weighted by Gasteiger charge is -2.38. The van der Waals surface area contributed by atoms with Crippen LogP contribution in [0.5, 0.6) is 0 Å². The molecular weight excluding hydrogens is 436 g/mol. The number of hydrogen-bond acceptors (Lipinski definition) is 6. The third-order valence-corrected chi connectivity index (χ3v) is 8.84. The van der Waals surface area contributed by atoms with Crippen LogP contribution >= 0.6 is 0 Å². The van der Waals surface area contributed by atoms with E-state index in [0.29, 0.717) is 12.8 Å². The van der Waals surface area contributed by atoms with E-state index in [2.05, 4.69) is 5.32 Å². The molecule has 0 radical (unpaired) electrons. The molecule has 0 aromatic carbocycles. The molecule has 3 unspecified atom stereocenters. The number of aliphatic hydroxyl groups excluding tert-OH is 1. The van der Waals surface area contributed by atoms with Crippen molar-refractivity contribution in [1.29, 1.82) is 0 Å². The van der Waals surface area contributed by atoms with Crippen molar-refractivity contribution in [2.45, 2.75) is 109 Å². The van der Waals surface area contributed by atoms with Gasteiger partial charge >= 0.3 is 5.97 Å². The largest absolute Gasteiger partial charge is 0.466 e. The second kappa shape index (κ2) is 9.41. The molecule has 2 amide bonds. The summed E-state index contributed by atoms with van der Waals surface area (Å²) in [5.41, 5.74) is -1.96. The SMILES string of the molecule is CCOC(=O)[C@H]1[C@H]2C(=O)N([C@@H](CO)CC(C)C)C(C(=O)NC3CCCCC3)C23CC(C)[C@]1(C)O3. The van der Waals surface area contributed by atoms with Crippen molar-refractivity contribution in [3.05, 3.63) is 0 Å². The molecule has 0 aromatic rings. The number of likely N-dealkylation sites (tertiary alicyclic amines) is 1. The number of esters is 1. The zero-order valence-corrected chi connectivity index (χ0v) is 21.3. The molecule has 1 spiro atoms. The van der Waals surface area contributed by atoms with Crippen molar-refractivity contribution in [3.63, 3.8) is 0 Å². The molecule has 0 aromatic heterocycles. The summed E-state index contributed by atoms with van der Waals surface area (Å²) in [6.45, 7) is 9.71. The summed E-state index contributed by atoms with van der Waals surface area (Å²) in [5, 5.41) is 13.5. The number of carbonyl (C=O) groups excluding carboxylic acids is 3.